The average Bonchev–Trinajstić information content (AvgIpc) is 2.76. The van der Waals surface area contributed by atoms with Gasteiger partial charge in [-0.2, -0.15) is 5.10 Å². The maximum Gasteiger partial charge on any atom is 0.195 e. The molecule has 2 unspecified atom stereocenters. The van der Waals surface area contributed by atoms with Crippen LogP contribution in [0.2, 0.25) is 0 Å². The summed E-state index contributed by atoms with van der Waals surface area (Å²) in [6, 6.07) is 0. The van der Waals surface area contributed by atoms with Crippen LogP contribution in [0, 0.1) is 10.7 Å². The Kier molecular flexibility index (Phi) is 2.69. The summed E-state index contributed by atoms with van der Waals surface area (Å²) in [5.41, 5.74) is 0. The molecule has 1 fully saturated rings. The van der Waals surface area contributed by atoms with Gasteiger partial charge < -0.3 is 9.30 Å². The summed E-state index contributed by atoms with van der Waals surface area (Å²) in [7, 11) is 1.70. The number of aromatic nitrogens is 3. The third-order valence-electron chi connectivity index (χ3n) is 2.75. The molecule has 0 aliphatic heterocycles. The van der Waals surface area contributed by atoms with Gasteiger partial charge in [0.05, 0.1) is 6.61 Å². The van der Waals surface area contributed by atoms with Crippen LogP contribution in [0.1, 0.15) is 25.1 Å². The van der Waals surface area contributed by atoms with Crippen molar-refractivity contribution < 1.29 is 4.74 Å². The Morgan fingerprint density at radius 1 is 1.71 bits per heavy atom. The van der Waals surface area contributed by atoms with Gasteiger partial charge in [-0.15, -0.1) is 0 Å². The standard InChI is InChI=1S/C9H15N3OS/c1-6-5-7(6)8-10-11-9(14)12(8)3-4-13-2/h6-7H,3-5H2,1-2H3,(H,11,14). The van der Waals surface area contributed by atoms with E-state index in [1.54, 1.807) is 7.11 Å². The van der Waals surface area contributed by atoms with Crippen molar-refractivity contribution in [3.63, 3.8) is 0 Å². The van der Waals surface area contributed by atoms with E-state index in [0.717, 1.165) is 18.3 Å². The molecule has 0 saturated heterocycles. The van der Waals surface area contributed by atoms with E-state index in [1.807, 2.05) is 4.57 Å². The lowest BCUT2D eigenvalue weighted by molar-refractivity contribution is 0.186. The van der Waals surface area contributed by atoms with Gasteiger partial charge in [0, 0.05) is 19.6 Å². The van der Waals surface area contributed by atoms with Crippen LogP contribution in [0.15, 0.2) is 0 Å². The Hall–Kier alpha value is -0.680. The molecule has 0 amide bonds. The van der Waals surface area contributed by atoms with Crippen molar-refractivity contribution in [3.05, 3.63) is 10.6 Å². The van der Waals surface area contributed by atoms with Gasteiger partial charge >= 0.3 is 0 Å². The first-order chi connectivity index (χ1) is 6.74. The van der Waals surface area contributed by atoms with E-state index in [1.165, 1.54) is 6.42 Å². The van der Waals surface area contributed by atoms with Crippen LogP contribution in [-0.4, -0.2) is 28.5 Å². The number of aromatic amines is 1. The van der Waals surface area contributed by atoms with Crippen LogP contribution in [0.5, 0.6) is 0 Å². The topological polar surface area (TPSA) is 42.8 Å². The lowest BCUT2D eigenvalue weighted by Crippen LogP contribution is -2.08. The van der Waals surface area contributed by atoms with E-state index >= 15 is 0 Å². The maximum absolute atomic E-state index is 5.16. The summed E-state index contributed by atoms with van der Waals surface area (Å²) in [4.78, 5) is 0. The predicted molar refractivity (Wildman–Crippen MR) is 55.8 cm³/mol. The van der Waals surface area contributed by atoms with E-state index < -0.39 is 0 Å². The van der Waals surface area contributed by atoms with Gasteiger partial charge in [0.1, 0.15) is 5.82 Å². The second-order valence-corrected chi connectivity index (χ2v) is 4.24. The number of hydrogen-bond acceptors (Lipinski definition) is 3. The van der Waals surface area contributed by atoms with E-state index in [0.29, 0.717) is 17.3 Å². The van der Waals surface area contributed by atoms with Gasteiger partial charge in [-0.3, -0.25) is 5.10 Å². The zero-order valence-corrected chi connectivity index (χ0v) is 9.30. The van der Waals surface area contributed by atoms with Crippen LogP contribution in [0.4, 0.5) is 0 Å². The molecule has 78 valence electrons. The average molecular weight is 213 g/mol. The fourth-order valence-electron chi connectivity index (χ4n) is 1.69. The molecule has 1 aliphatic rings. The summed E-state index contributed by atoms with van der Waals surface area (Å²) in [6.45, 7) is 3.72. The van der Waals surface area contributed by atoms with Crippen molar-refractivity contribution in [2.45, 2.75) is 25.8 Å². The number of methoxy groups -OCH3 is 1. The molecule has 5 heteroatoms. The van der Waals surface area contributed by atoms with Gasteiger partial charge in [0.25, 0.3) is 0 Å². The summed E-state index contributed by atoms with van der Waals surface area (Å²) in [6.07, 6.45) is 1.23. The number of ether oxygens (including phenoxy) is 1. The lowest BCUT2D eigenvalue weighted by atomic mass is 10.3. The molecule has 0 spiro atoms. The number of rotatable bonds is 4. The molecule has 2 rings (SSSR count). The van der Waals surface area contributed by atoms with Crippen molar-refractivity contribution in [1.82, 2.24) is 14.8 Å². The van der Waals surface area contributed by atoms with Crippen LogP contribution in [-0.2, 0) is 11.3 Å². The zero-order valence-electron chi connectivity index (χ0n) is 8.49. The van der Waals surface area contributed by atoms with Crippen LogP contribution in [0.25, 0.3) is 0 Å². The fraction of sp³-hybridized carbons (Fsp3) is 0.778. The summed E-state index contributed by atoms with van der Waals surface area (Å²) in [5.74, 6) is 2.45. The first kappa shape index (κ1) is 9.86. The van der Waals surface area contributed by atoms with Gasteiger partial charge in [0.2, 0.25) is 0 Å². The first-order valence-corrected chi connectivity index (χ1v) is 5.29. The van der Waals surface area contributed by atoms with E-state index in [-0.39, 0.29) is 0 Å². The van der Waals surface area contributed by atoms with Gasteiger partial charge in [-0.25, -0.2) is 0 Å². The third kappa shape index (κ3) is 1.74. The molecule has 1 saturated carbocycles. The molecule has 1 aromatic rings. The Morgan fingerprint density at radius 3 is 3.00 bits per heavy atom. The smallest absolute Gasteiger partial charge is 0.195 e. The third-order valence-corrected chi connectivity index (χ3v) is 3.06. The Balaban J connectivity index is 2.18. The monoisotopic (exact) mass is 213 g/mol. The molecule has 0 aromatic carbocycles. The Morgan fingerprint density at radius 2 is 2.43 bits per heavy atom. The quantitative estimate of drug-likeness (QED) is 0.774. The maximum atomic E-state index is 5.16. The molecule has 2 atom stereocenters. The minimum absolute atomic E-state index is 0.597. The van der Waals surface area contributed by atoms with E-state index in [9.17, 15) is 0 Å². The molecule has 4 nitrogen and oxygen atoms in total. The van der Waals surface area contributed by atoms with Gasteiger partial charge in [0.15, 0.2) is 4.77 Å². The normalized spacial score (nSPS) is 25.3. The molecule has 1 heterocycles. The minimum atomic E-state index is 0.597. The second kappa shape index (κ2) is 3.82. The predicted octanol–water partition coefficient (Wildman–Crippen LogP) is 1.71. The minimum Gasteiger partial charge on any atom is -0.383 e. The molecule has 1 aromatic heterocycles. The highest BCUT2D eigenvalue weighted by Gasteiger charge is 2.37. The van der Waals surface area contributed by atoms with Gasteiger partial charge in [-0.05, 0) is 24.6 Å². The molecule has 14 heavy (non-hydrogen) atoms. The highest BCUT2D eigenvalue weighted by atomic mass is 32.1. The molecule has 0 bridgehead atoms. The van der Waals surface area contributed by atoms with Crippen molar-refractivity contribution in [2.75, 3.05) is 13.7 Å². The number of nitrogens with zero attached hydrogens (tertiary/aromatic N) is 2. The summed E-state index contributed by atoms with van der Waals surface area (Å²) >= 11 is 5.16. The van der Waals surface area contributed by atoms with Crippen molar-refractivity contribution in [3.8, 4) is 0 Å². The lowest BCUT2D eigenvalue weighted by Gasteiger charge is -2.04. The highest BCUT2D eigenvalue weighted by Crippen LogP contribution is 2.45. The Bertz CT molecular complexity index is 370. The Labute approximate surface area is 88.3 Å². The van der Waals surface area contributed by atoms with Crippen LogP contribution >= 0.6 is 12.2 Å². The van der Waals surface area contributed by atoms with Gasteiger partial charge in [-0.1, -0.05) is 6.92 Å². The zero-order chi connectivity index (χ0) is 10.1. The molecular formula is C9H15N3OS. The fourth-order valence-corrected chi connectivity index (χ4v) is 1.92. The number of H-pyrrole nitrogens is 1. The molecular weight excluding hydrogens is 198 g/mol. The molecule has 0 radical (unpaired) electrons. The summed E-state index contributed by atoms with van der Waals surface area (Å²) < 4.78 is 7.80. The van der Waals surface area contributed by atoms with E-state index in [4.69, 9.17) is 17.0 Å². The number of nitrogens with one attached hydrogen (secondary N) is 1. The highest BCUT2D eigenvalue weighted by molar-refractivity contribution is 7.71. The molecule has 1 N–H and O–H groups in total. The van der Waals surface area contributed by atoms with Crippen LogP contribution < -0.4 is 0 Å². The van der Waals surface area contributed by atoms with Crippen molar-refractivity contribution in [2.24, 2.45) is 5.92 Å². The van der Waals surface area contributed by atoms with Crippen molar-refractivity contribution in [1.29, 1.82) is 0 Å². The first-order valence-electron chi connectivity index (χ1n) is 4.88. The van der Waals surface area contributed by atoms with E-state index in [2.05, 4.69) is 17.1 Å². The van der Waals surface area contributed by atoms with Crippen LogP contribution in [0.3, 0.4) is 0 Å². The summed E-state index contributed by atoms with van der Waals surface area (Å²) in [5, 5.41) is 7.12. The molecule has 1 aliphatic carbocycles. The second-order valence-electron chi connectivity index (χ2n) is 3.85. The SMILES string of the molecule is COCCn1c(C2CC2C)n[nH]c1=S. The largest absolute Gasteiger partial charge is 0.383 e. The number of hydrogen-bond donors (Lipinski definition) is 1. The van der Waals surface area contributed by atoms with Crippen molar-refractivity contribution >= 4 is 12.2 Å².